The van der Waals surface area contributed by atoms with Crippen LogP contribution in [-0.2, 0) is 0 Å². The molecule has 3 aliphatic rings. The van der Waals surface area contributed by atoms with Gasteiger partial charge in [0.1, 0.15) is 0 Å². The zero-order chi connectivity index (χ0) is 16.8. The molecule has 24 heavy (non-hydrogen) atoms. The summed E-state index contributed by atoms with van der Waals surface area (Å²) in [5.74, 6) is -0.744. The van der Waals surface area contributed by atoms with Gasteiger partial charge in [0.25, 0.3) is 17.5 Å². The lowest BCUT2D eigenvalue weighted by atomic mass is 9.95. The van der Waals surface area contributed by atoms with E-state index in [-0.39, 0.29) is 30.1 Å². The number of nitrogens with zero attached hydrogens (tertiary/aromatic N) is 3. The summed E-state index contributed by atoms with van der Waals surface area (Å²) in [7, 11) is 0. The summed E-state index contributed by atoms with van der Waals surface area (Å²) in [6.07, 6.45) is 3.42. The molecular weight excluding hydrogens is 312 g/mol. The number of imide groups is 1. The number of nitro groups is 1. The van der Waals surface area contributed by atoms with Crippen molar-refractivity contribution < 1.29 is 14.5 Å². The Hall–Kier alpha value is -3.29. The molecule has 0 bridgehead atoms. The van der Waals surface area contributed by atoms with Crippen LogP contribution in [0.5, 0.6) is 0 Å². The first kappa shape index (κ1) is 14.3. The van der Waals surface area contributed by atoms with Crippen molar-refractivity contribution in [2.75, 3.05) is 6.54 Å². The first-order valence-corrected chi connectivity index (χ1v) is 7.40. The van der Waals surface area contributed by atoms with E-state index in [4.69, 9.17) is 0 Å². The van der Waals surface area contributed by atoms with Crippen molar-refractivity contribution in [2.24, 2.45) is 5.10 Å². The molecule has 0 saturated heterocycles. The third-order valence-corrected chi connectivity index (χ3v) is 4.33. The normalized spacial score (nSPS) is 21.6. The fraction of sp³-hybridized carbons (Fsp3) is 0.188. The van der Waals surface area contributed by atoms with Crippen LogP contribution in [0.15, 0.2) is 52.8 Å². The lowest BCUT2D eigenvalue weighted by molar-refractivity contribution is -0.419. The van der Waals surface area contributed by atoms with Crippen LogP contribution in [0.3, 0.4) is 0 Å². The van der Waals surface area contributed by atoms with Crippen molar-refractivity contribution in [2.45, 2.75) is 12.5 Å². The van der Waals surface area contributed by atoms with Crippen LogP contribution in [0.25, 0.3) is 0 Å². The molecule has 1 unspecified atom stereocenters. The third-order valence-electron chi connectivity index (χ3n) is 4.33. The zero-order valence-corrected chi connectivity index (χ0v) is 12.4. The average Bonchev–Trinajstić information content (AvgIpc) is 3.10. The molecule has 8 heteroatoms. The highest BCUT2D eigenvalue weighted by Crippen LogP contribution is 2.27. The third kappa shape index (κ3) is 2.03. The molecule has 0 spiro atoms. The molecule has 2 amide bonds. The van der Waals surface area contributed by atoms with Gasteiger partial charge in [-0.25, -0.2) is 0 Å². The second-order valence-corrected chi connectivity index (χ2v) is 5.70. The Bertz CT molecular complexity index is 849. The van der Waals surface area contributed by atoms with Crippen LogP contribution < -0.4 is 5.43 Å². The molecule has 2 aliphatic heterocycles. The number of benzene rings is 1. The number of nitrogens with one attached hydrogen (secondary N) is 1. The van der Waals surface area contributed by atoms with Crippen LogP contribution in [0.2, 0.25) is 0 Å². The fourth-order valence-electron chi connectivity index (χ4n) is 3.10. The van der Waals surface area contributed by atoms with Crippen LogP contribution in [0.1, 0.15) is 27.1 Å². The molecule has 8 nitrogen and oxygen atoms in total. The molecule has 4 rings (SSSR count). The van der Waals surface area contributed by atoms with Gasteiger partial charge in [-0.2, -0.15) is 5.10 Å². The SMILES string of the molecule is O=C1c2ccccc2C(=O)N1CC1=NNC2CC=C([N+](=O)[O-])C=C12. The molecular formula is C16H12N4O4. The molecule has 1 N–H and O–H groups in total. The quantitative estimate of drug-likeness (QED) is 0.509. The second-order valence-electron chi connectivity index (χ2n) is 5.70. The Balaban J connectivity index is 1.61. The van der Waals surface area contributed by atoms with Crippen molar-refractivity contribution in [3.8, 4) is 0 Å². The van der Waals surface area contributed by atoms with Crippen molar-refractivity contribution in [3.05, 3.63) is 68.9 Å². The van der Waals surface area contributed by atoms with Gasteiger partial charge in [0.05, 0.1) is 34.3 Å². The summed E-state index contributed by atoms with van der Waals surface area (Å²) in [5.41, 5.74) is 4.76. The number of carbonyl (C=O) groups excluding carboxylic acids is 2. The van der Waals surface area contributed by atoms with Crippen molar-refractivity contribution in [3.63, 3.8) is 0 Å². The van der Waals surface area contributed by atoms with E-state index in [2.05, 4.69) is 10.5 Å². The molecule has 1 aromatic carbocycles. The largest absolute Gasteiger partial charge is 0.302 e. The number of hydrazone groups is 1. The second kappa shape index (κ2) is 5.12. The van der Waals surface area contributed by atoms with E-state index in [1.807, 2.05) is 0 Å². The summed E-state index contributed by atoms with van der Waals surface area (Å²) >= 11 is 0. The predicted molar refractivity (Wildman–Crippen MR) is 83.9 cm³/mol. The first-order valence-electron chi connectivity index (χ1n) is 7.40. The van der Waals surface area contributed by atoms with Gasteiger partial charge in [-0.15, -0.1) is 0 Å². The molecule has 1 aliphatic carbocycles. The van der Waals surface area contributed by atoms with Gasteiger partial charge in [0.15, 0.2) is 0 Å². The number of carbonyl (C=O) groups is 2. The standard InChI is InChI=1S/C16H12N4O4/c21-15-10-3-1-2-4-11(10)16(22)19(15)8-14-12-7-9(20(23)24)5-6-13(12)17-18-14/h1-5,7,13,17H,6,8H2. The number of rotatable bonds is 3. The smallest absolute Gasteiger partial charge is 0.265 e. The van der Waals surface area contributed by atoms with E-state index in [0.717, 1.165) is 4.90 Å². The van der Waals surface area contributed by atoms with E-state index in [1.54, 1.807) is 24.3 Å². The number of hydrogen-bond donors (Lipinski definition) is 1. The minimum Gasteiger partial charge on any atom is -0.302 e. The lowest BCUT2D eigenvalue weighted by Gasteiger charge is -2.17. The summed E-state index contributed by atoms with van der Waals surface area (Å²) in [5, 5.41) is 15.1. The molecule has 2 heterocycles. The maximum atomic E-state index is 12.4. The van der Waals surface area contributed by atoms with E-state index in [0.29, 0.717) is 28.8 Å². The van der Waals surface area contributed by atoms with Crippen molar-refractivity contribution in [1.82, 2.24) is 10.3 Å². The summed E-state index contributed by atoms with van der Waals surface area (Å²) in [6.45, 7) is -0.00727. The van der Waals surface area contributed by atoms with Crippen LogP contribution >= 0.6 is 0 Å². The minimum absolute atomic E-state index is 0.0000103. The monoisotopic (exact) mass is 324 g/mol. The van der Waals surface area contributed by atoms with Gasteiger partial charge in [-0.1, -0.05) is 12.1 Å². The molecule has 0 aromatic heterocycles. The first-order chi connectivity index (χ1) is 11.6. The van der Waals surface area contributed by atoms with Gasteiger partial charge in [-0.05, 0) is 24.6 Å². The molecule has 1 atom stereocenters. The number of fused-ring (bicyclic) bond motifs is 2. The van der Waals surface area contributed by atoms with Crippen molar-refractivity contribution in [1.29, 1.82) is 0 Å². The highest BCUT2D eigenvalue weighted by molar-refractivity contribution is 6.23. The minimum atomic E-state index is -0.457. The Morgan fingerprint density at radius 2 is 1.92 bits per heavy atom. The molecule has 1 aromatic rings. The Morgan fingerprint density at radius 3 is 2.54 bits per heavy atom. The van der Waals surface area contributed by atoms with Crippen LogP contribution in [-0.4, -0.2) is 39.9 Å². The lowest BCUT2D eigenvalue weighted by Crippen LogP contribution is -2.36. The predicted octanol–water partition coefficient (Wildman–Crippen LogP) is 1.10. The van der Waals surface area contributed by atoms with Crippen LogP contribution in [0, 0.1) is 10.1 Å². The highest BCUT2D eigenvalue weighted by Gasteiger charge is 2.38. The molecule has 0 fully saturated rings. The number of amides is 2. The van der Waals surface area contributed by atoms with E-state index >= 15 is 0 Å². The van der Waals surface area contributed by atoms with Gasteiger partial charge in [-0.3, -0.25) is 24.6 Å². The number of allylic oxidation sites excluding steroid dienone is 1. The Morgan fingerprint density at radius 1 is 1.25 bits per heavy atom. The van der Waals surface area contributed by atoms with Crippen molar-refractivity contribution >= 4 is 17.5 Å². The summed E-state index contributed by atoms with van der Waals surface area (Å²) in [6, 6.07) is 6.48. The van der Waals surface area contributed by atoms with E-state index < -0.39 is 4.92 Å². The van der Waals surface area contributed by atoms with Gasteiger partial charge in [0.2, 0.25) is 0 Å². The summed E-state index contributed by atoms with van der Waals surface area (Å²) in [4.78, 5) is 36.5. The average molecular weight is 324 g/mol. The van der Waals surface area contributed by atoms with Gasteiger partial charge in [0, 0.05) is 11.6 Å². The number of hydrogen-bond acceptors (Lipinski definition) is 6. The Kier molecular flexibility index (Phi) is 3.05. The summed E-state index contributed by atoms with van der Waals surface area (Å²) < 4.78 is 0. The van der Waals surface area contributed by atoms with Crippen LogP contribution in [0.4, 0.5) is 0 Å². The fourth-order valence-corrected chi connectivity index (χ4v) is 3.10. The van der Waals surface area contributed by atoms with Gasteiger partial charge < -0.3 is 5.43 Å². The molecule has 0 saturated carbocycles. The maximum Gasteiger partial charge on any atom is 0.265 e. The van der Waals surface area contributed by atoms with E-state index in [9.17, 15) is 19.7 Å². The van der Waals surface area contributed by atoms with Gasteiger partial charge >= 0.3 is 0 Å². The molecule has 120 valence electrons. The zero-order valence-electron chi connectivity index (χ0n) is 12.4. The topological polar surface area (TPSA) is 105 Å². The highest BCUT2D eigenvalue weighted by atomic mass is 16.6. The Labute approximate surface area is 136 Å². The maximum absolute atomic E-state index is 12.4. The van der Waals surface area contributed by atoms with E-state index in [1.165, 1.54) is 12.2 Å². The molecule has 0 radical (unpaired) electrons.